The van der Waals surface area contributed by atoms with Crippen LogP contribution in [-0.2, 0) is 6.54 Å². The molecule has 1 N–H and O–H groups in total. The third-order valence-electron chi connectivity index (χ3n) is 4.65. The minimum atomic E-state index is -0.271. The lowest BCUT2D eigenvalue weighted by molar-refractivity contribution is 0.0949. The number of hydrogen-bond donors (Lipinski definition) is 1. The van der Waals surface area contributed by atoms with Crippen LogP contribution in [0.15, 0.2) is 18.2 Å². The highest BCUT2D eigenvalue weighted by Gasteiger charge is 2.18. The SMILES string of the molecule is COc1cc(C(=O)NCc2nc(C)cc(N3CCCC3)n2)cc(OC)c1OC. The Balaban J connectivity index is 1.75. The van der Waals surface area contributed by atoms with Gasteiger partial charge < -0.3 is 24.4 Å². The van der Waals surface area contributed by atoms with E-state index in [2.05, 4.69) is 20.2 Å². The summed E-state index contributed by atoms with van der Waals surface area (Å²) in [6.07, 6.45) is 2.35. The highest BCUT2D eigenvalue weighted by atomic mass is 16.5. The summed E-state index contributed by atoms with van der Waals surface area (Å²) in [5, 5.41) is 2.87. The first-order chi connectivity index (χ1) is 13.5. The van der Waals surface area contributed by atoms with Gasteiger partial charge in [0.15, 0.2) is 11.5 Å². The van der Waals surface area contributed by atoms with E-state index in [-0.39, 0.29) is 12.5 Å². The van der Waals surface area contributed by atoms with Gasteiger partial charge >= 0.3 is 0 Å². The molecule has 1 aromatic carbocycles. The predicted molar refractivity (Wildman–Crippen MR) is 105 cm³/mol. The van der Waals surface area contributed by atoms with Crippen molar-refractivity contribution in [1.82, 2.24) is 15.3 Å². The summed E-state index contributed by atoms with van der Waals surface area (Å²) in [4.78, 5) is 24.0. The molecule has 1 saturated heterocycles. The summed E-state index contributed by atoms with van der Waals surface area (Å²) < 4.78 is 15.9. The molecule has 0 unspecified atom stereocenters. The molecular weight excluding hydrogens is 360 g/mol. The van der Waals surface area contributed by atoms with Crippen LogP contribution in [0, 0.1) is 6.92 Å². The molecule has 0 saturated carbocycles. The van der Waals surface area contributed by atoms with E-state index in [1.54, 1.807) is 12.1 Å². The number of hydrogen-bond acceptors (Lipinski definition) is 7. The molecular formula is C20H26N4O4. The normalized spacial score (nSPS) is 13.4. The fraction of sp³-hybridized carbons (Fsp3) is 0.450. The van der Waals surface area contributed by atoms with Gasteiger partial charge in [0, 0.05) is 30.4 Å². The average Bonchev–Trinajstić information content (AvgIpc) is 3.25. The lowest BCUT2D eigenvalue weighted by atomic mass is 10.1. The van der Waals surface area contributed by atoms with Crippen molar-refractivity contribution in [3.05, 3.63) is 35.3 Å². The molecule has 1 aliphatic heterocycles. The smallest absolute Gasteiger partial charge is 0.251 e. The van der Waals surface area contributed by atoms with E-state index in [4.69, 9.17) is 14.2 Å². The highest BCUT2D eigenvalue weighted by molar-refractivity contribution is 5.95. The molecule has 1 aromatic heterocycles. The van der Waals surface area contributed by atoms with E-state index in [0.29, 0.717) is 28.6 Å². The minimum Gasteiger partial charge on any atom is -0.493 e. The Labute approximate surface area is 164 Å². The number of amides is 1. The zero-order valence-electron chi connectivity index (χ0n) is 16.7. The van der Waals surface area contributed by atoms with Crippen LogP contribution in [0.1, 0.15) is 34.7 Å². The van der Waals surface area contributed by atoms with Crippen LogP contribution in [0.2, 0.25) is 0 Å². The molecule has 0 aliphatic carbocycles. The van der Waals surface area contributed by atoms with Gasteiger partial charge in [0.2, 0.25) is 5.75 Å². The number of nitrogens with zero attached hydrogens (tertiary/aromatic N) is 3. The van der Waals surface area contributed by atoms with Gasteiger partial charge in [-0.15, -0.1) is 0 Å². The van der Waals surface area contributed by atoms with E-state index in [1.807, 2.05) is 13.0 Å². The maximum atomic E-state index is 12.7. The molecule has 8 nitrogen and oxygen atoms in total. The van der Waals surface area contributed by atoms with Crippen molar-refractivity contribution >= 4 is 11.7 Å². The van der Waals surface area contributed by atoms with Crippen LogP contribution in [0.25, 0.3) is 0 Å². The van der Waals surface area contributed by atoms with Crippen LogP contribution in [0.3, 0.4) is 0 Å². The second-order valence-corrected chi connectivity index (χ2v) is 6.57. The summed E-state index contributed by atoms with van der Waals surface area (Å²) in [6.45, 7) is 4.19. The molecule has 150 valence electrons. The van der Waals surface area contributed by atoms with E-state index >= 15 is 0 Å². The van der Waals surface area contributed by atoms with E-state index < -0.39 is 0 Å². The molecule has 3 rings (SSSR count). The molecule has 28 heavy (non-hydrogen) atoms. The zero-order valence-corrected chi connectivity index (χ0v) is 16.7. The van der Waals surface area contributed by atoms with Crippen molar-refractivity contribution in [2.24, 2.45) is 0 Å². The summed E-state index contributed by atoms with van der Waals surface area (Å²) in [5.41, 5.74) is 1.29. The van der Waals surface area contributed by atoms with Crippen LogP contribution < -0.4 is 24.4 Å². The highest BCUT2D eigenvalue weighted by Crippen LogP contribution is 2.38. The van der Waals surface area contributed by atoms with E-state index in [0.717, 1.165) is 24.6 Å². The predicted octanol–water partition coefficient (Wildman–Crippen LogP) is 2.34. The minimum absolute atomic E-state index is 0.234. The maximum absolute atomic E-state index is 12.7. The van der Waals surface area contributed by atoms with Crippen LogP contribution >= 0.6 is 0 Å². The number of aromatic nitrogens is 2. The van der Waals surface area contributed by atoms with Gasteiger partial charge in [-0.3, -0.25) is 4.79 Å². The Kier molecular flexibility index (Phi) is 6.18. The van der Waals surface area contributed by atoms with Gasteiger partial charge in [-0.2, -0.15) is 0 Å². The number of carbonyl (C=O) groups excluding carboxylic acids is 1. The summed E-state index contributed by atoms with van der Waals surface area (Å²) in [7, 11) is 4.55. The van der Waals surface area contributed by atoms with Gasteiger partial charge in [-0.05, 0) is 31.9 Å². The summed E-state index contributed by atoms with van der Waals surface area (Å²) in [6, 6.07) is 5.21. The molecule has 2 aromatic rings. The number of methoxy groups -OCH3 is 3. The summed E-state index contributed by atoms with van der Waals surface area (Å²) >= 11 is 0. The molecule has 0 bridgehead atoms. The summed E-state index contributed by atoms with van der Waals surface area (Å²) in [5.74, 6) is 2.53. The Hall–Kier alpha value is -3.03. The van der Waals surface area contributed by atoms with Crippen LogP contribution in [0.4, 0.5) is 5.82 Å². The van der Waals surface area contributed by atoms with Crippen LogP contribution in [0.5, 0.6) is 17.2 Å². The molecule has 1 aliphatic rings. The van der Waals surface area contributed by atoms with Crippen molar-refractivity contribution in [2.45, 2.75) is 26.3 Å². The Morgan fingerprint density at radius 1 is 1.04 bits per heavy atom. The number of anilines is 1. The molecule has 1 amide bonds. The van der Waals surface area contributed by atoms with Crippen molar-refractivity contribution < 1.29 is 19.0 Å². The van der Waals surface area contributed by atoms with Crippen molar-refractivity contribution in [1.29, 1.82) is 0 Å². The first kappa shape index (κ1) is 19.7. The largest absolute Gasteiger partial charge is 0.493 e. The van der Waals surface area contributed by atoms with Gasteiger partial charge in [-0.25, -0.2) is 9.97 Å². The lowest BCUT2D eigenvalue weighted by Gasteiger charge is -2.17. The quantitative estimate of drug-likeness (QED) is 0.782. The lowest BCUT2D eigenvalue weighted by Crippen LogP contribution is -2.25. The number of carbonyl (C=O) groups is 1. The number of nitrogens with one attached hydrogen (secondary N) is 1. The van der Waals surface area contributed by atoms with Crippen molar-refractivity contribution in [2.75, 3.05) is 39.3 Å². The first-order valence-electron chi connectivity index (χ1n) is 9.23. The standard InChI is InChI=1S/C20H26N4O4/c1-13-9-18(24-7-5-6-8-24)23-17(22-13)12-21-20(25)14-10-15(26-2)19(28-4)16(11-14)27-3/h9-11H,5-8,12H2,1-4H3,(H,21,25). The number of ether oxygens (including phenoxy) is 3. The van der Waals surface area contributed by atoms with Gasteiger partial charge in [0.1, 0.15) is 11.6 Å². The number of rotatable bonds is 7. The fourth-order valence-corrected chi connectivity index (χ4v) is 3.27. The maximum Gasteiger partial charge on any atom is 0.251 e. The number of aryl methyl sites for hydroxylation is 1. The second kappa shape index (κ2) is 8.77. The van der Waals surface area contributed by atoms with Gasteiger partial charge in [-0.1, -0.05) is 0 Å². The molecule has 2 heterocycles. The first-order valence-corrected chi connectivity index (χ1v) is 9.23. The second-order valence-electron chi connectivity index (χ2n) is 6.57. The Bertz CT molecular complexity index is 825. The molecule has 1 fully saturated rings. The van der Waals surface area contributed by atoms with Gasteiger partial charge in [0.05, 0.1) is 27.9 Å². The average molecular weight is 386 g/mol. The molecule has 8 heteroatoms. The molecule has 0 spiro atoms. The third-order valence-corrected chi connectivity index (χ3v) is 4.65. The third kappa shape index (κ3) is 4.27. The molecule has 0 radical (unpaired) electrons. The fourth-order valence-electron chi connectivity index (χ4n) is 3.27. The van der Waals surface area contributed by atoms with E-state index in [1.165, 1.54) is 34.2 Å². The van der Waals surface area contributed by atoms with Gasteiger partial charge in [0.25, 0.3) is 5.91 Å². The molecule has 0 atom stereocenters. The van der Waals surface area contributed by atoms with Crippen molar-refractivity contribution in [3.63, 3.8) is 0 Å². The number of benzene rings is 1. The monoisotopic (exact) mass is 386 g/mol. The zero-order chi connectivity index (χ0) is 20.1. The van der Waals surface area contributed by atoms with E-state index in [9.17, 15) is 4.79 Å². The Morgan fingerprint density at radius 3 is 2.25 bits per heavy atom. The van der Waals surface area contributed by atoms with Crippen molar-refractivity contribution in [3.8, 4) is 17.2 Å². The van der Waals surface area contributed by atoms with Crippen LogP contribution in [-0.4, -0.2) is 50.3 Å². The Morgan fingerprint density at radius 2 is 1.68 bits per heavy atom. The topological polar surface area (TPSA) is 85.8 Å².